The smallest absolute Gasteiger partial charge is 0.251 e. The number of anilines is 3. The van der Waals surface area contributed by atoms with Crippen LogP contribution in [0.4, 0.5) is 17.1 Å². The molecular weight excluding hydrogens is 428 g/mol. The monoisotopic (exact) mass is 458 g/mol. The Bertz CT molecular complexity index is 1100. The third-order valence-electron chi connectivity index (χ3n) is 5.18. The highest BCUT2D eigenvalue weighted by Crippen LogP contribution is 2.16. The predicted molar refractivity (Wildman–Crippen MR) is 136 cm³/mol. The zero-order valence-electron chi connectivity index (χ0n) is 19.4. The average Bonchev–Trinajstić information content (AvgIpc) is 2.84. The number of amides is 3. The third kappa shape index (κ3) is 7.48. The minimum Gasteiger partial charge on any atom is -0.376 e. The summed E-state index contributed by atoms with van der Waals surface area (Å²) in [5.41, 5.74) is 3.64. The van der Waals surface area contributed by atoms with Gasteiger partial charge in [-0.1, -0.05) is 37.3 Å². The molecule has 0 aliphatic rings. The molecule has 1 atom stereocenters. The van der Waals surface area contributed by atoms with Crippen molar-refractivity contribution in [1.29, 1.82) is 0 Å². The topological polar surface area (TPSA) is 99.3 Å². The van der Waals surface area contributed by atoms with E-state index in [0.29, 0.717) is 17.7 Å². The second kappa shape index (κ2) is 12.2. The largest absolute Gasteiger partial charge is 0.376 e. The third-order valence-corrected chi connectivity index (χ3v) is 5.18. The van der Waals surface area contributed by atoms with Gasteiger partial charge in [-0.3, -0.25) is 14.4 Å². The summed E-state index contributed by atoms with van der Waals surface area (Å²) >= 11 is 0. The molecule has 176 valence electrons. The molecule has 0 bridgehead atoms. The molecule has 0 radical (unpaired) electrons. The van der Waals surface area contributed by atoms with Gasteiger partial charge in [0.05, 0.1) is 12.6 Å². The molecule has 3 aromatic rings. The standard InChI is InChI=1S/C27H30N4O3/c1-3-7-25(32)30-24-16-14-22(15-17-24)28-18-26(33)31-23-12-10-21(11-13-23)27(34)29-19(2)20-8-5-4-6-9-20/h4-6,8-17,19,28H,3,7,18H2,1-2H3,(H,29,34)(H,30,32)(H,31,33). The molecular formula is C27H30N4O3. The first kappa shape index (κ1) is 24.5. The van der Waals surface area contributed by atoms with E-state index in [9.17, 15) is 14.4 Å². The number of carbonyl (C=O) groups is 3. The summed E-state index contributed by atoms with van der Waals surface area (Å²) in [6, 6.07) is 23.6. The Morgan fingerprint density at radius 3 is 1.91 bits per heavy atom. The molecule has 0 saturated carbocycles. The fourth-order valence-electron chi connectivity index (χ4n) is 3.32. The van der Waals surface area contributed by atoms with E-state index < -0.39 is 0 Å². The van der Waals surface area contributed by atoms with Crippen LogP contribution in [0, 0.1) is 0 Å². The van der Waals surface area contributed by atoms with Gasteiger partial charge in [-0.25, -0.2) is 0 Å². The maximum Gasteiger partial charge on any atom is 0.251 e. The van der Waals surface area contributed by atoms with Crippen LogP contribution in [0.5, 0.6) is 0 Å². The van der Waals surface area contributed by atoms with Crippen LogP contribution in [0.2, 0.25) is 0 Å². The van der Waals surface area contributed by atoms with Gasteiger partial charge in [-0.15, -0.1) is 0 Å². The zero-order valence-corrected chi connectivity index (χ0v) is 19.4. The molecule has 3 rings (SSSR count). The van der Waals surface area contributed by atoms with Crippen LogP contribution >= 0.6 is 0 Å². The Labute approximate surface area is 200 Å². The number of rotatable bonds is 10. The van der Waals surface area contributed by atoms with E-state index in [1.807, 2.05) is 44.2 Å². The summed E-state index contributed by atoms with van der Waals surface area (Å²) in [5, 5.41) is 11.7. The van der Waals surface area contributed by atoms with Gasteiger partial charge >= 0.3 is 0 Å². The average molecular weight is 459 g/mol. The quantitative estimate of drug-likeness (QED) is 0.345. The highest BCUT2D eigenvalue weighted by Gasteiger charge is 2.11. The van der Waals surface area contributed by atoms with Gasteiger partial charge in [0, 0.05) is 29.0 Å². The molecule has 4 N–H and O–H groups in total. The van der Waals surface area contributed by atoms with E-state index >= 15 is 0 Å². The van der Waals surface area contributed by atoms with Crippen molar-refractivity contribution in [2.45, 2.75) is 32.7 Å². The summed E-state index contributed by atoms with van der Waals surface area (Å²) in [5.74, 6) is -0.405. The minimum absolute atomic E-state index is 0.0169. The second-order valence-electron chi connectivity index (χ2n) is 7.96. The molecule has 0 saturated heterocycles. The molecule has 0 aromatic heterocycles. The van der Waals surface area contributed by atoms with Crippen molar-refractivity contribution < 1.29 is 14.4 Å². The van der Waals surface area contributed by atoms with Gasteiger partial charge in [0.2, 0.25) is 11.8 Å². The number of carbonyl (C=O) groups excluding carboxylic acids is 3. The van der Waals surface area contributed by atoms with Crippen molar-refractivity contribution in [2.24, 2.45) is 0 Å². The molecule has 7 heteroatoms. The first-order valence-corrected chi connectivity index (χ1v) is 11.3. The summed E-state index contributed by atoms with van der Waals surface area (Å²) < 4.78 is 0. The lowest BCUT2D eigenvalue weighted by atomic mass is 10.1. The van der Waals surface area contributed by atoms with Gasteiger partial charge < -0.3 is 21.3 Å². The van der Waals surface area contributed by atoms with Crippen LogP contribution in [0.1, 0.15) is 48.7 Å². The van der Waals surface area contributed by atoms with Gasteiger partial charge in [0.15, 0.2) is 0 Å². The normalized spacial score (nSPS) is 11.2. The summed E-state index contributed by atoms with van der Waals surface area (Å²) in [6.45, 7) is 3.97. The zero-order chi connectivity index (χ0) is 24.3. The second-order valence-corrected chi connectivity index (χ2v) is 7.96. The van der Waals surface area contributed by atoms with Crippen molar-refractivity contribution in [1.82, 2.24) is 5.32 Å². The predicted octanol–water partition coefficient (Wildman–Crippen LogP) is 4.97. The summed E-state index contributed by atoms with van der Waals surface area (Å²) in [6.07, 6.45) is 1.28. The van der Waals surface area contributed by atoms with E-state index in [1.54, 1.807) is 48.5 Å². The molecule has 34 heavy (non-hydrogen) atoms. The Hall–Kier alpha value is -4.13. The molecule has 0 heterocycles. The van der Waals surface area contributed by atoms with E-state index in [-0.39, 0.29) is 30.3 Å². The summed E-state index contributed by atoms with van der Waals surface area (Å²) in [4.78, 5) is 36.4. The Kier molecular flexibility index (Phi) is 8.80. The van der Waals surface area contributed by atoms with Gasteiger partial charge in [-0.2, -0.15) is 0 Å². The van der Waals surface area contributed by atoms with Gasteiger partial charge in [0.25, 0.3) is 5.91 Å². The van der Waals surface area contributed by atoms with Crippen molar-refractivity contribution in [3.63, 3.8) is 0 Å². The van der Waals surface area contributed by atoms with E-state index in [1.165, 1.54) is 0 Å². The van der Waals surface area contributed by atoms with Crippen LogP contribution < -0.4 is 21.3 Å². The maximum absolute atomic E-state index is 12.5. The Balaban J connectivity index is 1.45. The Morgan fingerprint density at radius 1 is 0.735 bits per heavy atom. The minimum atomic E-state index is -0.213. The Morgan fingerprint density at radius 2 is 1.29 bits per heavy atom. The van der Waals surface area contributed by atoms with Crippen molar-refractivity contribution >= 4 is 34.8 Å². The molecule has 3 amide bonds. The first-order valence-electron chi connectivity index (χ1n) is 11.3. The fraction of sp³-hybridized carbons (Fsp3) is 0.222. The SMILES string of the molecule is CCCC(=O)Nc1ccc(NCC(=O)Nc2ccc(C(=O)NC(C)c3ccccc3)cc2)cc1. The molecule has 7 nitrogen and oxygen atoms in total. The van der Waals surface area contributed by atoms with Crippen LogP contribution in [-0.2, 0) is 9.59 Å². The fourth-order valence-corrected chi connectivity index (χ4v) is 3.32. The molecule has 0 aliphatic carbocycles. The van der Waals surface area contributed by atoms with Crippen molar-refractivity contribution in [2.75, 3.05) is 22.5 Å². The maximum atomic E-state index is 12.5. The number of hydrogen-bond acceptors (Lipinski definition) is 4. The highest BCUT2D eigenvalue weighted by molar-refractivity contribution is 5.97. The lowest BCUT2D eigenvalue weighted by Crippen LogP contribution is -2.26. The number of nitrogens with one attached hydrogen (secondary N) is 4. The molecule has 3 aromatic carbocycles. The van der Waals surface area contributed by atoms with Gasteiger partial charge in [0.1, 0.15) is 0 Å². The molecule has 0 fully saturated rings. The highest BCUT2D eigenvalue weighted by atomic mass is 16.2. The summed E-state index contributed by atoms with van der Waals surface area (Å²) in [7, 11) is 0. The lowest BCUT2D eigenvalue weighted by Gasteiger charge is -2.14. The van der Waals surface area contributed by atoms with E-state index in [2.05, 4.69) is 21.3 Å². The van der Waals surface area contributed by atoms with Crippen molar-refractivity contribution in [3.05, 3.63) is 90.0 Å². The van der Waals surface area contributed by atoms with Gasteiger partial charge in [-0.05, 0) is 67.4 Å². The van der Waals surface area contributed by atoms with Crippen LogP contribution in [0.3, 0.4) is 0 Å². The number of benzene rings is 3. The van der Waals surface area contributed by atoms with Crippen molar-refractivity contribution in [3.8, 4) is 0 Å². The molecule has 0 aliphatic heterocycles. The number of hydrogen-bond donors (Lipinski definition) is 4. The van der Waals surface area contributed by atoms with Crippen LogP contribution in [-0.4, -0.2) is 24.3 Å². The molecule has 0 spiro atoms. The molecule has 1 unspecified atom stereocenters. The lowest BCUT2D eigenvalue weighted by molar-refractivity contribution is -0.116. The van der Waals surface area contributed by atoms with Crippen LogP contribution in [0.25, 0.3) is 0 Å². The van der Waals surface area contributed by atoms with E-state index in [4.69, 9.17) is 0 Å². The first-order chi connectivity index (χ1) is 16.4. The van der Waals surface area contributed by atoms with Crippen LogP contribution in [0.15, 0.2) is 78.9 Å². The van der Waals surface area contributed by atoms with E-state index in [0.717, 1.165) is 23.4 Å².